The number of aromatic nitrogens is 3. The normalized spacial score (nSPS) is 15.8. The number of hydrogen-bond donors (Lipinski definition) is 1. The van der Waals surface area contributed by atoms with Crippen molar-refractivity contribution in [1.82, 2.24) is 15.0 Å². The Balaban J connectivity index is 1.49. The number of rotatable bonds is 4. The molecule has 0 bridgehead atoms. The first-order valence-electron chi connectivity index (χ1n) is 8.46. The summed E-state index contributed by atoms with van der Waals surface area (Å²) < 4.78 is 13.4. The molecule has 130 valence electrons. The van der Waals surface area contributed by atoms with Crippen molar-refractivity contribution >= 4 is 27.5 Å². The lowest BCUT2D eigenvalue weighted by Gasteiger charge is -2.31. The standard InChI is InChI=1S/C18H19FN4OS/c19-6-3-12-4-7-23(8-5-12)18-20-10-13(11-21-18)17-22-15-2-1-14(24)9-16(15)25-17/h1-2,9-12,24H,3-8H2. The van der Waals surface area contributed by atoms with Crippen LogP contribution in [0.25, 0.3) is 20.8 Å². The number of phenols is 1. The van der Waals surface area contributed by atoms with E-state index in [0.717, 1.165) is 52.7 Å². The fraction of sp³-hybridized carbons (Fsp3) is 0.389. The number of phenolic OH excluding ortho intramolecular Hbond substituents is 1. The molecule has 3 heterocycles. The largest absolute Gasteiger partial charge is 0.508 e. The molecule has 5 nitrogen and oxygen atoms in total. The fourth-order valence-electron chi connectivity index (χ4n) is 3.21. The van der Waals surface area contributed by atoms with E-state index in [1.54, 1.807) is 24.5 Å². The topological polar surface area (TPSA) is 62.1 Å². The van der Waals surface area contributed by atoms with Crippen LogP contribution in [0.5, 0.6) is 5.75 Å². The molecule has 1 N–H and O–H groups in total. The monoisotopic (exact) mass is 358 g/mol. The Morgan fingerprint density at radius 1 is 1.20 bits per heavy atom. The predicted molar refractivity (Wildman–Crippen MR) is 97.8 cm³/mol. The molecule has 0 amide bonds. The van der Waals surface area contributed by atoms with Crippen LogP contribution in [0.15, 0.2) is 30.6 Å². The van der Waals surface area contributed by atoms with E-state index in [1.807, 2.05) is 6.07 Å². The van der Waals surface area contributed by atoms with Crippen LogP contribution in [-0.4, -0.2) is 39.8 Å². The van der Waals surface area contributed by atoms with Crippen LogP contribution in [0.2, 0.25) is 0 Å². The zero-order chi connectivity index (χ0) is 17.2. The second-order valence-corrected chi connectivity index (χ2v) is 7.38. The lowest BCUT2D eigenvalue weighted by molar-refractivity contribution is 0.331. The van der Waals surface area contributed by atoms with Gasteiger partial charge in [-0.3, -0.25) is 4.39 Å². The molecule has 4 rings (SSSR count). The molecule has 7 heteroatoms. The number of nitrogens with zero attached hydrogens (tertiary/aromatic N) is 4. The number of thiazole rings is 1. The van der Waals surface area contributed by atoms with Gasteiger partial charge in [0.1, 0.15) is 10.8 Å². The zero-order valence-corrected chi connectivity index (χ0v) is 14.5. The molecule has 3 aromatic rings. The average molecular weight is 358 g/mol. The van der Waals surface area contributed by atoms with Crippen LogP contribution in [0.3, 0.4) is 0 Å². The van der Waals surface area contributed by atoms with Crippen LogP contribution in [-0.2, 0) is 0 Å². The molecule has 1 aliphatic heterocycles. The van der Waals surface area contributed by atoms with Gasteiger partial charge in [-0.2, -0.15) is 0 Å². The summed E-state index contributed by atoms with van der Waals surface area (Å²) in [5.74, 6) is 1.45. The zero-order valence-electron chi connectivity index (χ0n) is 13.7. The van der Waals surface area contributed by atoms with Crippen LogP contribution in [0.4, 0.5) is 10.3 Å². The van der Waals surface area contributed by atoms with Crippen molar-refractivity contribution in [3.8, 4) is 16.3 Å². The van der Waals surface area contributed by atoms with Crippen molar-refractivity contribution in [3.63, 3.8) is 0 Å². The molecule has 1 saturated heterocycles. The van der Waals surface area contributed by atoms with Crippen molar-refractivity contribution in [3.05, 3.63) is 30.6 Å². The third-order valence-electron chi connectivity index (χ3n) is 4.67. The van der Waals surface area contributed by atoms with Gasteiger partial charge in [0.05, 0.1) is 16.9 Å². The molecule has 0 radical (unpaired) electrons. The highest BCUT2D eigenvalue weighted by Gasteiger charge is 2.20. The molecule has 0 unspecified atom stereocenters. The quantitative estimate of drug-likeness (QED) is 0.763. The second-order valence-electron chi connectivity index (χ2n) is 6.35. The van der Waals surface area contributed by atoms with Crippen molar-refractivity contribution in [2.75, 3.05) is 24.7 Å². The lowest BCUT2D eigenvalue weighted by atomic mass is 9.94. The number of benzene rings is 1. The number of halogens is 1. The number of fused-ring (bicyclic) bond motifs is 1. The highest BCUT2D eigenvalue weighted by atomic mass is 32.1. The van der Waals surface area contributed by atoms with E-state index in [4.69, 9.17) is 0 Å². The van der Waals surface area contributed by atoms with Crippen LogP contribution in [0, 0.1) is 5.92 Å². The molecular weight excluding hydrogens is 339 g/mol. The highest BCUT2D eigenvalue weighted by Crippen LogP contribution is 2.32. The molecule has 0 aliphatic carbocycles. The molecule has 2 aromatic heterocycles. The van der Waals surface area contributed by atoms with E-state index >= 15 is 0 Å². The average Bonchev–Trinajstić information content (AvgIpc) is 3.06. The maximum atomic E-state index is 12.4. The first kappa shape index (κ1) is 16.2. The van der Waals surface area contributed by atoms with E-state index in [-0.39, 0.29) is 12.4 Å². The molecule has 1 fully saturated rings. The van der Waals surface area contributed by atoms with Gasteiger partial charge in [-0.1, -0.05) is 0 Å². The minimum atomic E-state index is -0.226. The summed E-state index contributed by atoms with van der Waals surface area (Å²) in [5.41, 5.74) is 1.73. The fourth-order valence-corrected chi connectivity index (χ4v) is 4.18. The van der Waals surface area contributed by atoms with Gasteiger partial charge in [0.25, 0.3) is 0 Å². The first-order chi connectivity index (χ1) is 12.2. The Kier molecular flexibility index (Phi) is 4.48. The molecule has 0 spiro atoms. The summed E-state index contributed by atoms with van der Waals surface area (Å²) in [4.78, 5) is 15.7. The highest BCUT2D eigenvalue weighted by molar-refractivity contribution is 7.21. The van der Waals surface area contributed by atoms with Gasteiger partial charge in [-0.25, -0.2) is 15.0 Å². The van der Waals surface area contributed by atoms with E-state index < -0.39 is 0 Å². The van der Waals surface area contributed by atoms with Gasteiger partial charge in [0.15, 0.2) is 0 Å². The number of aromatic hydroxyl groups is 1. The van der Waals surface area contributed by atoms with E-state index in [1.165, 1.54) is 11.3 Å². The minimum Gasteiger partial charge on any atom is -0.508 e. The Labute approximate surface area is 149 Å². The van der Waals surface area contributed by atoms with Crippen molar-refractivity contribution in [2.24, 2.45) is 5.92 Å². The molecule has 0 atom stereocenters. The maximum absolute atomic E-state index is 12.4. The Morgan fingerprint density at radius 3 is 2.68 bits per heavy atom. The summed E-state index contributed by atoms with van der Waals surface area (Å²) in [6.07, 6.45) is 6.26. The van der Waals surface area contributed by atoms with Gasteiger partial charge in [0, 0.05) is 31.0 Å². The second kappa shape index (κ2) is 6.92. The van der Waals surface area contributed by atoms with E-state index in [0.29, 0.717) is 12.3 Å². The number of hydrogen-bond acceptors (Lipinski definition) is 6. The summed E-state index contributed by atoms with van der Waals surface area (Å²) in [5, 5.41) is 10.4. The maximum Gasteiger partial charge on any atom is 0.225 e. The van der Waals surface area contributed by atoms with Crippen molar-refractivity contribution in [1.29, 1.82) is 0 Å². The first-order valence-corrected chi connectivity index (χ1v) is 9.27. The van der Waals surface area contributed by atoms with Crippen LogP contribution < -0.4 is 4.90 Å². The van der Waals surface area contributed by atoms with Crippen LogP contribution >= 0.6 is 11.3 Å². The van der Waals surface area contributed by atoms with Gasteiger partial charge in [-0.05, 0) is 43.4 Å². The molecular formula is C18H19FN4OS. The predicted octanol–water partition coefficient (Wildman–Crippen LogP) is 4.03. The lowest BCUT2D eigenvalue weighted by Crippen LogP contribution is -2.34. The van der Waals surface area contributed by atoms with Crippen LogP contribution in [0.1, 0.15) is 19.3 Å². The third-order valence-corrected chi connectivity index (χ3v) is 5.74. The van der Waals surface area contributed by atoms with Gasteiger partial charge in [0.2, 0.25) is 5.95 Å². The van der Waals surface area contributed by atoms with Crippen molar-refractivity contribution in [2.45, 2.75) is 19.3 Å². The smallest absolute Gasteiger partial charge is 0.225 e. The molecule has 25 heavy (non-hydrogen) atoms. The number of piperidine rings is 1. The molecule has 1 aliphatic rings. The van der Waals surface area contributed by atoms with Gasteiger partial charge < -0.3 is 10.0 Å². The van der Waals surface area contributed by atoms with Crippen molar-refractivity contribution < 1.29 is 9.50 Å². The third kappa shape index (κ3) is 3.42. The van der Waals surface area contributed by atoms with Gasteiger partial charge in [-0.15, -0.1) is 11.3 Å². The Hall–Kier alpha value is -2.28. The Bertz CT molecular complexity index is 859. The molecule has 0 saturated carbocycles. The minimum absolute atomic E-state index is 0.226. The summed E-state index contributed by atoms with van der Waals surface area (Å²) in [7, 11) is 0. The summed E-state index contributed by atoms with van der Waals surface area (Å²) in [6.45, 7) is 1.53. The summed E-state index contributed by atoms with van der Waals surface area (Å²) in [6, 6.07) is 5.16. The number of alkyl halides is 1. The van der Waals surface area contributed by atoms with Gasteiger partial charge >= 0.3 is 0 Å². The Morgan fingerprint density at radius 2 is 1.96 bits per heavy atom. The molecule has 1 aromatic carbocycles. The SMILES string of the molecule is Oc1ccc2nc(-c3cnc(N4CCC(CCF)CC4)nc3)sc2c1. The van der Waals surface area contributed by atoms with E-state index in [2.05, 4.69) is 19.9 Å². The van der Waals surface area contributed by atoms with E-state index in [9.17, 15) is 9.50 Å². The number of anilines is 1. The summed E-state index contributed by atoms with van der Waals surface area (Å²) >= 11 is 1.51.